The van der Waals surface area contributed by atoms with E-state index in [-0.39, 0.29) is 0 Å². The Balaban J connectivity index is 3.17. The summed E-state index contributed by atoms with van der Waals surface area (Å²) >= 11 is -1.19. The minimum absolute atomic E-state index is 1.15. The fourth-order valence-electron chi connectivity index (χ4n) is 0. The molecule has 0 rings (SSSR count). The first-order valence-electron chi connectivity index (χ1n) is 1.18. The van der Waals surface area contributed by atoms with Crippen LogP contribution in [0, 0.1) is 0 Å². The molecule has 0 aliphatic heterocycles. The van der Waals surface area contributed by atoms with Crippen LogP contribution in [0.4, 0.5) is 13.2 Å². The molecule has 0 atom stereocenters. The predicted molar refractivity (Wildman–Crippen MR) is 17.7 cm³/mol. The van der Waals surface area contributed by atoms with Crippen molar-refractivity contribution in [2.24, 2.45) is 0 Å². The second kappa shape index (κ2) is 1.85. The van der Waals surface area contributed by atoms with Crippen LogP contribution in [-0.2, 0) is 0 Å². The van der Waals surface area contributed by atoms with Gasteiger partial charge in [0.2, 0.25) is 0 Å². The first-order valence-corrected chi connectivity index (χ1v) is 3.75. The number of halogens is 3. The third-order valence-corrected chi connectivity index (χ3v) is 1.20. The standard InChI is InChI=1S/C2H3F3Se/c1-6-2(3,4)5/h1H3. The van der Waals surface area contributed by atoms with Crippen molar-refractivity contribution in [2.75, 3.05) is 0 Å². The van der Waals surface area contributed by atoms with E-state index in [0.717, 1.165) is 5.82 Å². The number of alkyl halides is 3. The van der Waals surface area contributed by atoms with E-state index >= 15 is 0 Å². The molecule has 0 spiro atoms. The summed E-state index contributed by atoms with van der Waals surface area (Å²) in [5.74, 6) is 1.15. The third kappa shape index (κ3) is 4.31. The molecule has 0 aromatic rings. The van der Waals surface area contributed by atoms with Crippen LogP contribution in [0.1, 0.15) is 0 Å². The van der Waals surface area contributed by atoms with Crippen molar-refractivity contribution < 1.29 is 13.2 Å². The quantitative estimate of drug-likeness (QED) is 0.471. The van der Waals surface area contributed by atoms with E-state index in [4.69, 9.17) is 0 Å². The predicted octanol–water partition coefficient (Wildman–Crippen LogP) is 1.26. The molecule has 0 saturated carbocycles. The van der Waals surface area contributed by atoms with E-state index in [0.29, 0.717) is 0 Å². The molecule has 0 radical (unpaired) electrons. The van der Waals surface area contributed by atoms with Gasteiger partial charge in [0.25, 0.3) is 0 Å². The maximum absolute atomic E-state index is 10.8. The summed E-state index contributed by atoms with van der Waals surface area (Å²) in [5, 5.41) is -3.90. The molecule has 0 aromatic carbocycles. The van der Waals surface area contributed by atoms with Crippen molar-refractivity contribution in [3.05, 3.63) is 0 Å². The third-order valence-electron chi connectivity index (χ3n) is 0.231. The molecule has 0 saturated heterocycles. The molecule has 0 fully saturated rings. The van der Waals surface area contributed by atoms with Gasteiger partial charge in [-0.05, 0) is 0 Å². The first-order chi connectivity index (χ1) is 2.56. The Morgan fingerprint density at radius 1 is 1.33 bits per heavy atom. The van der Waals surface area contributed by atoms with Gasteiger partial charge in [0.1, 0.15) is 0 Å². The van der Waals surface area contributed by atoms with Gasteiger partial charge in [-0.3, -0.25) is 0 Å². The maximum atomic E-state index is 10.8. The topological polar surface area (TPSA) is 0 Å². The molecule has 0 aliphatic carbocycles. The summed E-state index contributed by atoms with van der Waals surface area (Å²) in [6, 6.07) is 0. The molecule has 38 valence electrons. The van der Waals surface area contributed by atoms with Crippen LogP contribution in [0.25, 0.3) is 0 Å². The Labute approximate surface area is 39.9 Å². The number of hydrogen-bond donors (Lipinski definition) is 0. The van der Waals surface area contributed by atoms with Crippen LogP contribution in [0.3, 0.4) is 0 Å². The van der Waals surface area contributed by atoms with Gasteiger partial charge >= 0.3 is 39.0 Å². The molecular weight excluding hydrogens is 160 g/mol. The number of rotatable bonds is 0. The van der Waals surface area contributed by atoms with Gasteiger partial charge in [-0.1, -0.05) is 0 Å². The van der Waals surface area contributed by atoms with Crippen LogP contribution in [0.15, 0.2) is 0 Å². The van der Waals surface area contributed by atoms with E-state index in [1.807, 2.05) is 0 Å². The van der Waals surface area contributed by atoms with Crippen LogP contribution in [-0.4, -0.2) is 20.0 Å². The monoisotopic (exact) mass is 164 g/mol. The Morgan fingerprint density at radius 3 is 1.50 bits per heavy atom. The van der Waals surface area contributed by atoms with Gasteiger partial charge in [-0.25, -0.2) is 0 Å². The fraction of sp³-hybridized carbons (Fsp3) is 1.00. The normalized spacial score (nSPS) is 12.0. The molecule has 0 N–H and O–H groups in total. The summed E-state index contributed by atoms with van der Waals surface area (Å²) in [6.07, 6.45) is 0. The Morgan fingerprint density at radius 2 is 1.50 bits per heavy atom. The van der Waals surface area contributed by atoms with Crippen molar-refractivity contribution in [1.29, 1.82) is 0 Å². The average Bonchev–Trinajstić information content (AvgIpc) is 1.35. The summed E-state index contributed by atoms with van der Waals surface area (Å²) in [5.41, 5.74) is 0. The Hall–Kier alpha value is 0.309. The van der Waals surface area contributed by atoms with Gasteiger partial charge in [-0.2, -0.15) is 0 Å². The molecular formula is C2H3F3Se. The fourth-order valence-corrected chi connectivity index (χ4v) is 0. The molecule has 6 heavy (non-hydrogen) atoms. The SMILES string of the molecule is C[Se]C(F)(F)F. The van der Waals surface area contributed by atoms with E-state index in [1.54, 1.807) is 0 Å². The van der Waals surface area contributed by atoms with Gasteiger partial charge in [0.05, 0.1) is 0 Å². The van der Waals surface area contributed by atoms with E-state index in [1.165, 1.54) is 0 Å². The van der Waals surface area contributed by atoms with Crippen LogP contribution in [0.2, 0.25) is 5.82 Å². The van der Waals surface area contributed by atoms with Crippen molar-refractivity contribution in [3.8, 4) is 0 Å². The first kappa shape index (κ1) is 6.31. The summed E-state index contributed by atoms with van der Waals surface area (Å²) in [4.78, 5) is 0. The molecule has 4 heteroatoms. The summed E-state index contributed by atoms with van der Waals surface area (Å²) in [7, 11) is 0. The van der Waals surface area contributed by atoms with Crippen molar-refractivity contribution in [1.82, 2.24) is 0 Å². The molecule has 0 nitrogen and oxygen atoms in total. The molecule has 0 amide bonds. The van der Waals surface area contributed by atoms with Gasteiger partial charge in [0.15, 0.2) is 0 Å². The van der Waals surface area contributed by atoms with Gasteiger partial charge in [-0.15, -0.1) is 0 Å². The Kier molecular flexibility index (Phi) is 1.94. The zero-order valence-corrected chi connectivity index (χ0v) is 4.76. The molecule has 0 aromatic heterocycles. The van der Waals surface area contributed by atoms with Crippen LogP contribution < -0.4 is 0 Å². The van der Waals surface area contributed by atoms with E-state index in [9.17, 15) is 13.2 Å². The van der Waals surface area contributed by atoms with Crippen molar-refractivity contribution >= 4 is 15.0 Å². The minimum atomic E-state index is -3.90. The van der Waals surface area contributed by atoms with Crippen LogP contribution in [0.5, 0.6) is 0 Å². The second-order valence-corrected chi connectivity index (χ2v) is 2.48. The van der Waals surface area contributed by atoms with Crippen molar-refractivity contribution in [3.63, 3.8) is 0 Å². The van der Waals surface area contributed by atoms with Crippen LogP contribution >= 0.6 is 0 Å². The van der Waals surface area contributed by atoms with E-state index in [2.05, 4.69) is 0 Å². The average molecular weight is 163 g/mol. The van der Waals surface area contributed by atoms with E-state index < -0.39 is 20.0 Å². The van der Waals surface area contributed by atoms with Crippen molar-refractivity contribution in [2.45, 2.75) is 10.9 Å². The molecule has 0 aliphatic rings. The second-order valence-electron chi connectivity index (χ2n) is 0.650. The molecule has 0 unspecified atom stereocenters. The zero-order valence-electron chi connectivity index (χ0n) is 3.04. The summed E-state index contributed by atoms with van der Waals surface area (Å²) in [6.45, 7) is 0. The number of hydrogen-bond acceptors (Lipinski definition) is 0. The zero-order chi connectivity index (χ0) is 5.21. The molecule has 0 bridgehead atoms. The van der Waals surface area contributed by atoms with Gasteiger partial charge in [0, 0.05) is 0 Å². The molecule has 0 heterocycles. The summed E-state index contributed by atoms with van der Waals surface area (Å²) < 4.78 is 32.4. The Bertz CT molecular complexity index is 38.5. The van der Waals surface area contributed by atoms with Gasteiger partial charge < -0.3 is 0 Å².